The Hall–Kier alpha value is -1.78. The van der Waals surface area contributed by atoms with Gasteiger partial charge in [0.2, 0.25) is 0 Å². The van der Waals surface area contributed by atoms with Crippen LogP contribution in [0.15, 0.2) is 36.4 Å². The second-order valence-corrected chi connectivity index (χ2v) is 5.06. The number of benzene rings is 2. The molecule has 3 nitrogen and oxygen atoms in total. The zero-order valence-electron chi connectivity index (χ0n) is 10.6. The summed E-state index contributed by atoms with van der Waals surface area (Å²) in [6.45, 7) is 0.803. The fourth-order valence-electron chi connectivity index (χ4n) is 2.10. The first kappa shape index (κ1) is 13.2. The molecular formula is C15H13ClFNO2. The number of nitrogens with two attached hydrogens (primary N) is 1. The SMILES string of the molecule is NC1COc2cc(OCc3ccc(F)c(Cl)c3)ccc21. The van der Waals surface area contributed by atoms with Crippen molar-refractivity contribution in [3.63, 3.8) is 0 Å². The van der Waals surface area contributed by atoms with Crippen molar-refractivity contribution in [2.45, 2.75) is 12.6 Å². The van der Waals surface area contributed by atoms with Gasteiger partial charge in [-0.1, -0.05) is 17.7 Å². The molecular weight excluding hydrogens is 281 g/mol. The predicted molar refractivity (Wildman–Crippen MR) is 74.6 cm³/mol. The molecule has 0 saturated carbocycles. The molecule has 0 fully saturated rings. The van der Waals surface area contributed by atoms with Gasteiger partial charge in [-0.25, -0.2) is 4.39 Å². The maximum Gasteiger partial charge on any atom is 0.141 e. The van der Waals surface area contributed by atoms with Gasteiger partial charge in [0, 0.05) is 11.6 Å². The molecule has 0 aliphatic carbocycles. The minimum absolute atomic E-state index is 0.0741. The molecule has 2 aromatic rings. The second kappa shape index (κ2) is 5.31. The molecule has 0 radical (unpaired) electrons. The van der Waals surface area contributed by atoms with E-state index in [1.165, 1.54) is 6.07 Å². The van der Waals surface area contributed by atoms with Crippen molar-refractivity contribution in [2.24, 2.45) is 5.73 Å². The Morgan fingerprint density at radius 3 is 2.95 bits per heavy atom. The summed E-state index contributed by atoms with van der Waals surface area (Å²) in [6, 6.07) is 10.0. The van der Waals surface area contributed by atoms with Crippen LogP contribution < -0.4 is 15.2 Å². The summed E-state index contributed by atoms with van der Waals surface area (Å²) in [5.74, 6) is 1.00. The summed E-state index contributed by atoms with van der Waals surface area (Å²) >= 11 is 5.72. The molecule has 104 valence electrons. The molecule has 1 atom stereocenters. The molecule has 1 unspecified atom stereocenters. The van der Waals surface area contributed by atoms with Crippen molar-refractivity contribution >= 4 is 11.6 Å². The van der Waals surface area contributed by atoms with E-state index < -0.39 is 5.82 Å². The molecule has 2 N–H and O–H groups in total. The van der Waals surface area contributed by atoms with Gasteiger partial charge in [-0.15, -0.1) is 0 Å². The summed E-state index contributed by atoms with van der Waals surface area (Å²) in [7, 11) is 0. The third-order valence-corrected chi connectivity index (χ3v) is 3.48. The average Bonchev–Trinajstić information content (AvgIpc) is 2.81. The van der Waals surface area contributed by atoms with Crippen LogP contribution in [0.25, 0.3) is 0 Å². The molecule has 1 heterocycles. The fraction of sp³-hybridized carbons (Fsp3) is 0.200. The lowest BCUT2D eigenvalue weighted by Gasteiger charge is -2.08. The van der Waals surface area contributed by atoms with Crippen molar-refractivity contribution in [3.05, 3.63) is 58.4 Å². The van der Waals surface area contributed by atoms with E-state index in [9.17, 15) is 4.39 Å². The second-order valence-electron chi connectivity index (χ2n) is 4.65. The van der Waals surface area contributed by atoms with Gasteiger partial charge in [-0.2, -0.15) is 0 Å². The highest BCUT2D eigenvalue weighted by Crippen LogP contribution is 2.34. The van der Waals surface area contributed by atoms with Gasteiger partial charge in [0.05, 0.1) is 11.1 Å². The van der Waals surface area contributed by atoms with Crippen LogP contribution in [-0.4, -0.2) is 6.61 Å². The maximum absolute atomic E-state index is 13.0. The lowest BCUT2D eigenvalue weighted by Crippen LogP contribution is -2.10. The van der Waals surface area contributed by atoms with E-state index >= 15 is 0 Å². The first-order chi connectivity index (χ1) is 9.63. The minimum atomic E-state index is -0.435. The van der Waals surface area contributed by atoms with Gasteiger partial charge < -0.3 is 15.2 Å². The van der Waals surface area contributed by atoms with Crippen LogP contribution in [0.2, 0.25) is 5.02 Å². The van der Waals surface area contributed by atoms with Gasteiger partial charge in [0.1, 0.15) is 30.5 Å². The van der Waals surface area contributed by atoms with Crippen LogP contribution in [0.4, 0.5) is 4.39 Å². The third-order valence-electron chi connectivity index (χ3n) is 3.19. The first-order valence-corrected chi connectivity index (χ1v) is 6.60. The number of halogens is 2. The van der Waals surface area contributed by atoms with E-state index in [0.29, 0.717) is 19.0 Å². The molecule has 0 aromatic heterocycles. The number of fused-ring (bicyclic) bond motifs is 1. The largest absolute Gasteiger partial charge is 0.491 e. The normalized spacial score (nSPS) is 16.6. The Balaban J connectivity index is 1.71. The van der Waals surface area contributed by atoms with E-state index in [-0.39, 0.29) is 11.1 Å². The van der Waals surface area contributed by atoms with Crippen LogP contribution in [0, 0.1) is 5.82 Å². The number of hydrogen-bond acceptors (Lipinski definition) is 3. The highest BCUT2D eigenvalue weighted by Gasteiger charge is 2.20. The van der Waals surface area contributed by atoms with Gasteiger partial charge in [-0.05, 0) is 29.8 Å². The lowest BCUT2D eigenvalue weighted by atomic mass is 10.1. The molecule has 2 aromatic carbocycles. The number of rotatable bonds is 3. The summed E-state index contributed by atoms with van der Waals surface area (Å²) in [5, 5.41) is 0.0920. The van der Waals surface area contributed by atoms with E-state index in [1.807, 2.05) is 18.2 Å². The topological polar surface area (TPSA) is 44.5 Å². The van der Waals surface area contributed by atoms with Crippen molar-refractivity contribution in [3.8, 4) is 11.5 Å². The molecule has 5 heteroatoms. The highest BCUT2D eigenvalue weighted by molar-refractivity contribution is 6.30. The molecule has 0 amide bonds. The van der Waals surface area contributed by atoms with Gasteiger partial charge in [0.25, 0.3) is 0 Å². The van der Waals surface area contributed by atoms with Crippen molar-refractivity contribution in [1.82, 2.24) is 0 Å². The molecule has 0 spiro atoms. The van der Waals surface area contributed by atoms with E-state index in [4.69, 9.17) is 26.8 Å². The number of ether oxygens (including phenoxy) is 2. The zero-order chi connectivity index (χ0) is 14.1. The Morgan fingerprint density at radius 1 is 1.30 bits per heavy atom. The molecule has 1 aliphatic heterocycles. The van der Waals surface area contributed by atoms with Crippen molar-refractivity contribution in [2.75, 3.05) is 6.61 Å². The van der Waals surface area contributed by atoms with Crippen LogP contribution >= 0.6 is 11.6 Å². The van der Waals surface area contributed by atoms with Crippen LogP contribution in [0.3, 0.4) is 0 Å². The van der Waals surface area contributed by atoms with Gasteiger partial charge in [-0.3, -0.25) is 0 Å². The number of hydrogen-bond donors (Lipinski definition) is 1. The van der Waals surface area contributed by atoms with Crippen LogP contribution in [0.1, 0.15) is 17.2 Å². The van der Waals surface area contributed by atoms with E-state index in [0.717, 1.165) is 16.9 Å². The highest BCUT2D eigenvalue weighted by atomic mass is 35.5. The smallest absolute Gasteiger partial charge is 0.141 e. The predicted octanol–water partition coefficient (Wildman–Crippen LogP) is 3.45. The summed E-state index contributed by atoms with van der Waals surface area (Å²) in [5.41, 5.74) is 7.66. The summed E-state index contributed by atoms with van der Waals surface area (Å²) in [6.07, 6.45) is 0. The lowest BCUT2D eigenvalue weighted by molar-refractivity contribution is 0.301. The van der Waals surface area contributed by atoms with Crippen molar-refractivity contribution in [1.29, 1.82) is 0 Å². The van der Waals surface area contributed by atoms with Crippen LogP contribution in [0.5, 0.6) is 11.5 Å². The average molecular weight is 294 g/mol. The Labute approximate surface area is 121 Å². The summed E-state index contributed by atoms with van der Waals surface area (Å²) < 4.78 is 24.2. The zero-order valence-corrected chi connectivity index (χ0v) is 11.4. The minimum Gasteiger partial charge on any atom is -0.491 e. The molecule has 3 rings (SSSR count). The molecule has 1 aliphatic rings. The van der Waals surface area contributed by atoms with Crippen LogP contribution in [-0.2, 0) is 6.61 Å². The van der Waals surface area contributed by atoms with Gasteiger partial charge in [0.15, 0.2) is 0 Å². The monoisotopic (exact) mass is 293 g/mol. The standard InChI is InChI=1S/C15H13ClFNO2/c16-12-5-9(1-4-13(12)17)7-19-10-2-3-11-14(18)8-20-15(11)6-10/h1-6,14H,7-8,18H2. The fourth-order valence-corrected chi connectivity index (χ4v) is 2.30. The Bertz CT molecular complexity index is 648. The quantitative estimate of drug-likeness (QED) is 0.942. The molecule has 0 bridgehead atoms. The van der Waals surface area contributed by atoms with Crippen molar-refractivity contribution < 1.29 is 13.9 Å². The third kappa shape index (κ3) is 2.57. The van der Waals surface area contributed by atoms with E-state index in [2.05, 4.69) is 0 Å². The van der Waals surface area contributed by atoms with E-state index in [1.54, 1.807) is 12.1 Å². The summed E-state index contributed by atoms with van der Waals surface area (Å²) in [4.78, 5) is 0. The molecule has 0 saturated heterocycles. The van der Waals surface area contributed by atoms with Gasteiger partial charge >= 0.3 is 0 Å². The maximum atomic E-state index is 13.0. The Kier molecular flexibility index (Phi) is 3.51. The first-order valence-electron chi connectivity index (χ1n) is 6.22. The molecule has 20 heavy (non-hydrogen) atoms. The Morgan fingerprint density at radius 2 is 2.15 bits per heavy atom.